The van der Waals surface area contributed by atoms with Gasteiger partial charge in [0, 0.05) is 10.7 Å². The van der Waals surface area contributed by atoms with Gasteiger partial charge in [0.15, 0.2) is 12.9 Å². The molecule has 0 aliphatic heterocycles. The molecule has 0 unspecified atom stereocenters. The van der Waals surface area contributed by atoms with Gasteiger partial charge in [-0.05, 0) is 160 Å². The fraction of sp³-hybridized carbons (Fsp3) is 0.182. The molecule has 0 aromatic heterocycles. The first-order chi connectivity index (χ1) is 13.6. The first kappa shape index (κ1) is 25.5. The Morgan fingerprint density at radius 2 is 1.03 bits per heavy atom. The Morgan fingerprint density at radius 1 is 0.621 bits per heavy atom. The van der Waals surface area contributed by atoms with Crippen LogP contribution in [0.4, 0.5) is 0 Å². The zero-order chi connectivity index (χ0) is 21.3. The molecule has 0 saturated carbocycles. The monoisotopic (exact) mass is 1060 g/mol. The molecular weight excluding hydrogens is 1040 g/mol. The summed E-state index contributed by atoms with van der Waals surface area (Å²) in [7, 11) is 0. The first-order valence-corrected chi connectivity index (χ1v) is 16.2. The maximum absolute atomic E-state index is 6.30. The lowest BCUT2D eigenvalue weighted by molar-refractivity contribution is -0.597. The zero-order valence-electron chi connectivity index (χ0n) is 15.8. The zero-order valence-corrected chi connectivity index (χ0v) is 28.7. The van der Waals surface area contributed by atoms with Crippen LogP contribution >= 0.6 is 113 Å². The third-order valence-electron chi connectivity index (χ3n) is 4.13. The van der Waals surface area contributed by atoms with Gasteiger partial charge in [-0.1, -0.05) is 32.9 Å². The van der Waals surface area contributed by atoms with Crippen LogP contribution in [0, 0.1) is 25.0 Å². The molecule has 0 heterocycles. The summed E-state index contributed by atoms with van der Waals surface area (Å²) < 4.78 is 15.3. The summed E-state index contributed by atoms with van der Waals surface area (Å²) in [6.45, 7) is 6.77. The second-order valence-corrected chi connectivity index (χ2v) is 15.7. The predicted molar refractivity (Wildman–Crippen MR) is 159 cm³/mol. The third kappa shape index (κ3) is 6.46. The lowest BCUT2D eigenvalue weighted by atomic mass is 9.87. The highest BCUT2D eigenvalue weighted by Gasteiger charge is 2.21. The van der Waals surface area contributed by atoms with Crippen LogP contribution in [0.2, 0.25) is 0 Å². The van der Waals surface area contributed by atoms with Crippen LogP contribution in [-0.4, -0.2) is 0 Å². The number of rotatable bonds is 4. The molecule has 0 spiro atoms. The van der Waals surface area contributed by atoms with Crippen LogP contribution < -0.4 is 25.9 Å². The summed E-state index contributed by atoms with van der Waals surface area (Å²) in [5, 5.41) is 0. The molecule has 3 aromatic carbocycles. The first-order valence-electron chi connectivity index (χ1n) is 8.62. The highest BCUT2D eigenvalue weighted by molar-refractivity contribution is 14.1. The maximum atomic E-state index is 6.30. The lowest BCUT2D eigenvalue weighted by Crippen LogP contribution is -3.61. The van der Waals surface area contributed by atoms with Gasteiger partial charge >= 0.3 is 21.2 Å². The molecule has 29 heavy (non-hydrogen) atoms. The van der Waals surface area contributed by atoms with E-state index in [0.29, 0.717) is 0 Å². The van der Waals surface area contributed by atoms with Crippen LogP contribution in [0.25, 0.3) is 0 Å². The minimum absolute atomic E-state index is 0.184. The van der Waals surface area contributed by atoms with Crippen LogP contribution in [0.3, 0.4) is 0 Å². The van der Waals surface area contributed by atoms with Crippen LogP contribution in [0.5, 0.6) is 11.5 Å². The van der Waals surface area contributed by atoms with Crippen molar-refractivity contribution >= 4 is 113 Å². The van der Waals surface area contributed by atoms with Crippen molar-refractivity contribution < 1.29 is 25.9 Å². The minimum Gasteiger partial charge on any atom is -0.455 e. The molecule has 152 valence electrons. The van der Waals surface area contributed by atoms with Gasteiger partial charge in [0.2, 0.25) is 0 Å². The SMILES string of the molecule is CC(C)(C)c1ccc([I+]c2ccc(Oc3c(I)c(I)c(I)c(I)c3I)cc2)cc1. The van der Waals surface area contributed by atoms with E-state index in [4.69, 9.17) is 4.74 Å². The van der Waals surface area contributed by atoms with Crippen molar-refractivity contribution in [3.63, 3.8) is 0 Å². The Labute approximate surface area is 251 Å². The molecule has 1 nitrogen and oxygen atoms in total. The molecular formula is C22H17I6O+. The molecule has 7 heteroatoms. The van der Waals surface area contributed by atoms with Crippen molar-refractivity contribution in [2.45, 2.75) is 26.2 Å². The van der Waals surface area contributed by atoms with Gasteiger partial charge in [0.25, 0.3) is 0 Å². The van der Waals surface area contributed by atoms with Gasteiger partial charge in [0.1, 0.15) is 5.75 Å². The topological polar surface area (TPSA) is 9.23 Å². The van der Waals surface area contributed by atoms with E-state index in [2.05, 4.69) is 182 Å². The molecule has 3 rings (SSSR count). The van der Waals surface area contributed by atoms with Gasteiger partial charge < -0.3 is 4.74 Å². The fourth-order valence-electron chi connectivity index (χ4n) is 2.50. The van der Waals surface area contributed by atoms with Gasteiger partial charge in [-0.2, -0.15) is 0 Å². The molecule has 0 bridgehead atoms. The second-order valence-electron chi connectivity index (χ2n) is 7.31. The Hall–Kier alpha value is 1.84. The lowest BCUT2D eigenvalue weighted by Gasteiger charge is -2.18. The van der Waals surface area contributed by atoms with Crippen molar-refractivity contribution in [3.8, 4) is 11.5 Å². The molecule has 0 amide bonds. The van der Waals surface area contributed by atoms with Gasteiger partial charge in [-0.3, -0.25) is 0 Å². The summed E-state index contributed by atoms with van der Waals surface area (Å²) in [5.41, 5.74) is 1.59. The number of ether oxygens (including phenoxy) is 1. The van der Waals surface area contributed by atoms with Crippen LogP contribution in [0.1, 0.15) is 26.3 Å². The maximum Gasteiger partial charge on any atom is 0.357 e. The Kier molecular flexibility index (Phi) is 9.52. The summed E-state index contributed by atoms with van der Waals surface area (Å²) in [5.74, 6) is 1.85. The van der Waals surface area contributed by atoms with E-state index in [9.17, 15) is 0 Å². The van der Waals surface area contributed by atoms with Crippen molar-refractivity contribution in [3.05, 3.63) is 79.1 Å². The molecule has 0 aliphatic carbocycles. The van der Waals surface area contributed by atoms with E-state index in [1.807, 2.05) is 0 Å². The number of hydrogen-bond donors (Lipinski definition) is 0. The quantitative estimate of drug-likeness (QED) is 0.179. The minimum atomic E-state index is -0.184. The van der Waals surface area contributed by atoms with Crippen molar-refractivity contribution in [1.82, 2.24) is 0 Å². The Morgan fingerprint density at radius 3 is 1.48 bits per heavy atom. The highest BCUT2D eigenvalue weighted by Crippen LogP contribution is 2.40. The smallest absolute Gasteiger partial charge is 0.357 e. The standard InChI is InChI=1S/C22H17I6O/c1-22(2,3)12-4-6-13(7-5-12)28-14-8-10-15(11-9-14)29-21-19(26)17(24)16(23)18(25)20(21)27/h4-11H,1-3H3/q+1. The predicted octanol–water partition coefficient (Wildman–Crippen LogP) is 5.93. The summed E-state index contributed by atoms with van der Waals surface area (Å²) in [6, 6.07) is 17.7. The largest absolute Gasteiger partial charge is 0.455 e. The number of benzene rings is 3. The molecule has 0 aliphatic rings. The van der Waals surface area contributed by atoms with Crippen molar-refractivity contribution in [2.24, 2.45) is 0 Å². The Bertz CT molecular complexity index is 992. The van der Waals surface area contributed by atoms with Crippen molar-refractivity contribution in [1.29, 1.82) is 0 Å². The number of hydrogen-bond acceptors (Lipinski definition) is 1. The molecule has 0 atom stereocenters. The summed E-state index contributed by atoms with van der Waals surface area (Å²) in [4.78, 5) is 0. The van der Waals surface area contributed by atoms with E-state index in [1.165, 1.54) is 30.6 Å². The van der Waals surface area contributed by atoms with Crippen LogP contribution in [0.15, 0.2) is 48.5 Å². The summed E-state index contributed by atoms with van der Waals surface area (Å²) in [6.07, 6.45) is 0. The average Bonchev–Trinajstić information content (AvgIpc) is 2.69. The molecule has 0 N–H and O–H groups in total. The average molecular weight is 1060 g/mol. The number of halogens is 6. The highest BCUT2D eigenvalue weighted by atomic mass is 127. The van der Waals surface area contributed by atoms with E-state index in [0.717, 1.165) is 11.5 Å². The van der Waals surface area contributed by atoms with E-state index in [-0.39, 0.29) is 26.6 Å². The molecule has 0 fully saturated rings. The summed E-state index contributed by atoms with van der Waals surface area (Å²) >= 11 is 11.8. The van der Waals surface area contributed by atoms with Crippen LogP contribution in [-0.2, 0) is 5.41 Å². The van der Waals surface area contributed by atoms with Gasteiger partial charge in [-0.15, -0.1) is 0 Å². The molecule has 3 aromatic rings. The molecule has 0 saturated heterocycles. The fourth-order valence-corrected chi connectivity index (χ4v) is 9.59. The van der Waals surface area contributed by atoms with E-state index < -0.39 is 0 Å². The Balaban J connectivity index is 1.76. The molecule has 0 radical (unpaired) electrons. The van der Waals surface area contributed by atoms with E-state index >= 15 is 0 Å². The van der Waals surface area contributed by atoms with Gasteiger partial charge in [-0.25, -0.2) is 0 Å². The van der Waals surface area contributed by atoms with Crippen molar-refractivity contribution in [2.75, 3.05) is 0 Å². The van der Waals surface area contributed by atoms with Gasteiger partial charge in [0.05, 0.1) is 7.14 Å². The normalized spacial score (nSPS) is 11.6. The third-order valence-corrected chi connectivity index (χ3v) is 16.2. The second kappa shape index (κ2) is 10.8. The van der Waals surface area contributed by atoms with E-state index in [1.54, 1.807) is 0 Å².